The lowest BCUT2D eigenvalue weighted by molar-refractivity contribution is -0.137. The van der Waals surface area contributed by atoms with Gasteiger partial charge in [0.05, 0.1) is 14.2 Å². The number of rotatable bonds is 8. The van der Waals surface area contributed by atoms with E-state index in [0.29, 0.717) is 6.42 Å². The summed E-state index contributed by atoms with van der Waals surface area (Å²) in [6, 6.07) is 15.9. The molecule has 0 aliphatic rings. The van der Waals surface area contributed by atoms with E-state index in [9.17, 15) is 4.79 Å². The fraction of sp³-hybridized carbons (Fsp3) is 0.316. The van der Waals surface area contributed by atoms with Gasteiger partial charge >= 0.3 is 5.97 Å². The third-order valence-corrected chi connectivity index (χ3v) is 3.92. The third kappa shape index (κ3) is 4.74. The van der Waals surface area contributed by atoms with Crippen LogP contribution >= 0.6 is 0 Å². The molecule has 0 radical (unpaired) electrons. The molecule has 2 rings (SSSR count). The topological polar surface area (TPSA) is 55.8 Å². The van der Waals surface area contributed by atoms with E-state index in [2.05, 4.69) is 0 Å². The Kier molecular flexibility index (Phi) is 6.03. The first-order valence-electron chi connectivity index (χ1n) is 7.63. The molecule has 0 spiro atoms. The molecule has 0 heterocycles. The molecule has 0 saturated heterocycles. The molecule has 0 fully saturated rings. The lowest BCUT2D eigenvalue weighted by atomic mass is 9.87. The number of benzene rings is 2. The van der Waals surface area contributed by atoms with Crippen molar-refractivity contribution >= 4 is 5.97 Å². The Morgan fingerprint density at radius 2 is 1.35 bits per heavy atom. The van der Waals surface area contributed by atoms with Gasteiger partial charge in [0.25, 0.3) is 0 Å². The fourth-order valence-electron chi connectivity index (χ4n) is 2.66. The van der Waals surface area contributed by atoms with Crippen molar-refractivity contribution < 1.29 is 19.4 Å². The van der Waals surface area contributed by atoms with Gasteiger partial charge in [0, 0.05) is 12.3 Å². The van der Waals surface area contributed by atoms with E-state index in [-0.39, 0.29) is 12.3 Å². The monoisotopic (exact) mass is 314 g/mol. The highest BCUT2D eigenvalue weighted by Crippen LogP contribution is 2.31. The largest absolute Gasteiger partial charge is 0.497 e. The Balaban J connectivity index is 2.23. The quantitative estimate of drug-likeness (QED) is 0.797. The van der Waals surface area contributed by atoms with E-state index in [4.69, 9.17) is 14.6 Å². The molecule has 0 atom stereocenters. The molecule has 122 valence electrons. The average Bonchev–Trinajstić information content (AvgIpc) is 2.59. The minimum Gasteiger partial charge on any atom is -0.497 e. The van der Waals surface area contributed by atoms with E-state index in [1.165, 1.54) is 0 Å². The van der Waals surface area contributed by atoms with Crippen LogP contribution < -0.4 is 9.47 Å². The Morgan fingerprint density at radius 3 is 1.70 bits per heavy atom. The summed E-state index contributed by atoms with van der Waals surface area (Å²) < 4.78 is 10.4. The molecule has 0 aliphatic carbocycles. The number of carboxylic acids is 1. The van der Waals surface area contributed by atoms with Crippen molar-refractivity contribution in [3.8, 4) is 11.5 Å². The van der Waals surface area contributed by atoms with Crippen LogP contribution in [-0.2, 0) is 4.79 Å². The van der Waals surface area contributed by atoms with Crippen molar-refractivity contribution in [3.05, 3.63) is 59.7 Å². The highest BCUT2D eigenvalue weighted by atomic mass is 16.5. The lowest BCUT2D eigenvalue weighted by Gasteiger charge is -2.18. The van der Waals surface area contributed by atoms with Gasteiger partial charge < -0.3 is 14.6 Å². The summed E-state index contributed by atoms with van der Waals surface area (Å²) in [6.45, 7) is 0. The number of carboxylic acid groups (broad SMARTS) is 1. The summed E-state index contributed by atoms with van der Waals surface area (Å²) in [5.41, 5.74) is 2.31. The average molecular weight is 314 g/mol. The van der Waals surface area contributed by atoms with Crippen molar-refractivity contribution in [3.63, 3.8) is 0 Å². The van der Waals surface area contributed by atoms with E-state index in [0.717, 1.165) is 29.0 Å². The summed E-state index contributed by atoms with van der Waals surface area (Å²) in [5.74, 6) is 1.03. The summed E-state index contributed by atoms with van der Waals surface area (Å²) in [7, 11) is 3.28. The molecule has 0 aliphatic heterocycles. The van der Waals surface area contributed by atoms with Crippen molar-refractivity contribution in [2.24, 2.45) is 0 Å². The third-order valence-electron chi connectivity index (χ3n) is 3.92. The minimum atomic E-state index is -0.756. The van der Waals surface area contributed by atoms with Crippen molar-refractivity contribution in [1.29, 1.82) is 0 Å². The summed E-state index contributed by atoms with van der Waals surface area (Å²) in [6.07, 6.45) is 1.60. The number of hydrogen-bond acceptors (Lipinski definition) is 3. The molecule has 0 saturated carbocycles. The second-order valence-electron chi connectivity index (χ2n) is 5.38. The number of ether oxygens (including phenoxy) is 2. The number of methoxy groups -OCH3 is 2. The molecule has 2 aromatic carbocycles. The molecule has 23 heavy (non-hydrogen) atoms. The SMILES string of the molecule is COc1ccc(C(CCCC(=O)O)c2ccc(OC)cc2)cc1. The van der Waals surface area contributed by atoms with E-state index in [1.807, 2.05) is 48.5 Å². The highest BCUT2D eigenvalue weighted by molar-refractivity contribution is 5.66. The second kappa shape index (κ2) is 8.22. The zero-order valence-electron chi connectivity index (χ0n) is 13.5. The van der Waals surface area contributed by atoms with Gasteiger partial charge in [-0.1, -0.05) is 24.3 Å². The van der Waals surface area contributed by atoms with Gasteiger partial charge in [-0.15, -0.1) is 0 Å². The maximum Gasteiger partial charge on any atom is 0.303 e. The summed E-state index contributed by atoms with van der Waals surface area (Å²) in [5, 5.41) is 8.87. The first kappa shape index (κ1) is 16.9. The van der Waals surface area contributed by atoms with Gasteiger partial charge in [-0.25, -0.2) is 0 Å². The second-order valence-corrected chi connectivity index (χ2v) is 5.38. The van der Waals surface area contributed by atoms with Crippen LogP contribution in [0.25, 0.3) is 0 Å². The Bertz CT molecular complexity index is 569. The normalized spacial score (nSPS) is 10.6. The van der Waals surface area contributed by atoms with E-state index < -0.39 is 5.97 Å². The van der Waals surface area contributed by atoms with Gasteiger partial charge in [-0.3, -0.25) is 4.79 Å². The molecule has 0 unspecified atom stereocenters. The standard InChI is InChI=1S/C19H22O4/c1-22-16-10-6-14(7-11-16)18(4-3-5-19(20)21)15-8-12-17(23-2)13-9-15/h6-13,18H,3-5H2,1-2H3,(H,20,21). The maximum absolute atomic E-state index is 10.8. The van der Waals surface area contributed by atoms with Crippen LogP contribution in [0.1, 0.15) is 36.3 Å². The molecule has 0 bridgehead atoms. The smallest absolute Gasteiger partial charge is 0.303 e. The van der Waals surface area contributed by atoms with Gasteiger partial charge in [-0.05, 0) is 48.2 Å². The molecule has 1 N–H and O–H groups in total. The highest BCUT2D eigenvalue weighted by Gasteiger charge is 2.15. The summed E-state index contributed by atoms with van der Waals surface area (Å²) >= 11 is 0. The Morgan fingerprint density at radius 1 is 0.913 bits per heavy atom. The van der Waals surface area contributed by atoms with Gasteiger partial charge in [0.1, 0.15) is 11.5 Å². The van der Waals surface area contributed by atoms with Crippen LogP contribution in [0.15, 0.2) is 48.5 Å². The predicted octanol–water partition coefficient (Wildman–Crippen LogP) is 4.09. The molecular formula is C19H22O4. The molecule has 0 amide bonds. The van der Waals surface area contributed by atoms with Crippen molar-refractivity contribution in [2.45, 2.75) is 25.2 Å². The van der Waals surface area contributed by atoms with Crippen LogP contribution in [0.5, 0.6) is 11.5 Å². The summed E-state index contributed by atoms with van der Waals surface area (Å²) in [4.78, 5) is 10.8. The van der Waals surface area contributed by atoms with Gasteiger partial charge in [0.15, 0.2) is 0 Å². The zero-order chi connectivity index (χ0) is 16.7. The van der Waals surface area contributed by atoms with Crippen LogP contribution in [0, 0.1) is 0 Å². The van der Waals surface area contributed by atoms with Crippen molar-refractivity contribution in [1.82, 2.24) is 0 Å². The lowest BCUT2D eigenvalue weighted by Crippen LogP contribution is -2.03. The van der Waals surface area contributed by atoms with Crippen LogP contribution in [-0.4, -0.2) is 25.3 Å². The van der Waals surface area contributed by atoms with Crippen molar-refractivity contribution in [2.75, 3.05) is 14.2 Å². The van der Waals surface area contributed by atoms with E-state index in [1.54, 1.807) is 14.2 Å². The predicted molar refractivity (Wildman–Crippen MR) is 89.3 cm³/mol. The minimum absolute atomic E-state index is 0.158. The molecule has 2 aromatic rings. The number of hydrogen-bond donors (Lipinski definition) is 1. The first-order valence-corrected chi connectivity index (χ1v) is 7.63. The molecule has 4 heteroatoms. The maximum atomic E-state index is 10.8. The first-order chi connectivity index (χ1) is 11.1. The van der Waals surface area contributed by atoms with Crippen LogP contribution in [0.2, 0.25) is 0 Å². The zero-order valence-corrected chi connectivity index (χ0v) is 13.5. The molecule has 4 nitrogen and oxygen atoms in total. The number of aliphatic carboxylic acids is 1. The van der Waals surface area contributed by atoms with Crippen LogP contribution in [0.4, 0.5) is 0 Å². The van der Waals surface area contributed by atoms with Crippen LogP contribution in [0.3, 0.4) is 0 Å². The number of carbonyl (C=O) groups is 1. The molecular weight excluding hydrogens is 292 g/mol. The molecule has 0 aromatic heterocycles. The fourth-order valence-corrected chi connectivity index (χ4v) is 2.66. The Labute approximate surface area is 136 Å². The van der Waals surface area contributed by atoms with Gasteiger partial charge in [0.2, 0.25) is 0 Å². The van der Waals surface area contributed by atoms with E-state index >= 15 is 0 Å². The van der Waals surface area contributed by atoms with Gasteiger partial charge in [-0.2, -0.15) is 0 Å². The Hall–Kier alpha value is -2.49.